The van der Waals surface area contributed by atoms with E-state index in [0.29, 0.717) is 12.4 Å². The third-order valence-electron chi connectivity index (χ3n) is 4.18. The fourth-order valence-electron chi connectivity index (χ4n) is 2.68. The van der Waals surface area contributed by atoms with Gasteiger partial charge in [0.05, 0.1) is 19.5 Å². The van der Waals surface area contributed by atoms with E-state index in [0.717, 1.165) is 16.9 Å². The minimum atomic E-state index is -0.281. The topological polar surface area (TPSA) is 76.1 Å². The summed E-state index contributed by atoms with van der Waals surface area (Å²) in [5, 5.41) is 6.11. The number of benzene rings is 2. The molecule has 0 aliphatic rings. The molecule has 0 radical (unpaired) electrons. The molecule has 2 N–H and O–H groups in total. The van der Waals surface area contributed by atoms with Gasteiger partial charge in [-0.1, -0.05) is 48.5 Å². The second kappa shape index (κ2) is 8.80. The van der Waals surface area contributed by atoms with Crippen LogP contribution in [0.1, 0.15) is 34.6 Å². The summed E-state index contributed by atoms with van der Waals surface area (Å²) in [6.45, 7) is 2.40. The molecule has 6 nitrogen and oxygen atoms in total. The van der Waals surface area contributed by atoms with Gasteiger partial charge in [-0.3, -0.25) is 4.79 Å². The van der Waals surface area contributed by atoms with Gasteiger partial charge in [-0.25, -0.2) is 9.97 Å². The highest BCUT2D eigenvalue weighted by Crippen LogP contribution is 2.18. The van der Waals surface area contributed by atoms with E-state index in [-0.39, 0.29) is 17.6 Å². The smallest absolute Gasteiger partial charge is 0.271 e. The summed E-state index contributed by atoms with van der Waals surface area (Å²) in [7, 11) is 1.61. The lowest BCUT2D eigenvalue weighted by molar-refractivity contribution is 0.0945. The van der Waals surface area contributed by atoms with E-state index in [4.69, 9.17) is 4.74 Å². The van der Waals surface area contributed by atoms with Crippen LogP contribution in [0.2, 0.25) is 0 Å². The van der Waals surface area contributed by atoms with E-state index in [1.54, 1.807) is 13.3 Å². The Labute approximate surface area is 158 Å². The molecule has 1 amide bonds. The molecule has 0 saturated carbocycles. The van der Waals surface area contributed by atoms with Crippen LogP contribution in [-0.4, -0.2) is 23.0 Å². The summed E-state index contributed by atoms with van der Waals surface area (Å²) < 4.78 is 5.28. The summed E-state index contributed by atoms with van der Waals surface area (Å²) in [4.78, 5) is 20.8. The molecule has 0 fully saturated rings. The van der Waals surface area contributed by atoms with E-state index in [1.807, 2.05) is 61.5 Å². The zero-order valence-electron chi connectivity index (χ0n) is 15.3. The first kappa shape index (κ1) is 18.4. The summed E-state index contributed by atoms with van der Waals surface area (Å²) >= 11 is 0. The summed E-state index contributed by atoms with van der Waals surface area (Å²) in [6.07, 6.45) is 3.04. The van der Waals surface area contributed by atoms with E-state index in [2.05, 4.69) is 20.6 Å². The molecular weight excluding hydrogens is 340 g/mol. The lowest BCUT2D eigenvalue weighted by atomic mass is 10.1. The molecule has 27 heavy (non-hydrogen) atoms. The van der Waals surface area contributed by atoms with E-state index in [1.165, 1.54) is 6.20 Å². The van der Waals surface area contributed by atoms with Gasteiger partial charge in [0.1, 0.15) is 17.3 Å². The number of methoxy groups -OCH3 is 1. The molecular formula is C21H22N4O2. The molecule has 1 unspecified atom stereocenters. The minimum absolute atomic E-state index is 0.0886. The van der Waals surface area contributed by atoms with E-state index in [9.17, 15) is 4.79 Å². The molecule has 6 heteroatoms. The second-order valence-corrected chi connectivity index (χ2v) is 6.06. The Bertz CT molecular complexity index is 882. The SMILES string of the molecule is COc1ccccc1CNC(=O)c1cnc(NC(C)c2ccccc2)cn1. The van der Waals surface area contributed by atoms with Crippen LogP contribution in [0.15, 0.2) is 67.0 Å². The molecule has 1 heterocycles. The third-order valence-corrected chi connectivity index (χ3v) is 4.18. The van der Waals surface area contributed by atoms with Gasteiger partial charge in [0.25, 0.3) is 5.91 Å². The lowest BCUT2D eigenvalue weighted by Gasteiger charge is -2.14. The maximum Gasteiger partial charge on any atom is 0.271 e. The molecule has 0 spiro atoms. The summed E-state index contributed by atoms with van der Waals surface area (Å²) in [5.74, 6) is 1.07. The molecule has 3 rings (SSSR count). The van der Waals surface area contributed by atoms with Gasteiger partial charge < -0.3 is 15.4 Å². The van der Waals surface area contributed by atoms with Crippen LogP contribution >= 0.6 is 0 Å². The number of carbonyl (C=O) groups is 1. The highest BCUT2D eigenvalue weighted by Gasteiger charge is 2.11. The summed E-state index contributed by atoms with van der Waals surface area (Å²) in [5.41, 5.74) is 2.32. The number of amides is 1. The van der Waals surface area contributed by atoms with Gasteiger partial charge in [-0.15, -0.1) is 0 Å². The first-order valence-electron chi connectivity index (χ1n) is 8.71. The first-order valence-corrected chi connectivity index (χ1v) is 8.71. The van der Waals surface area contributed by atoms with Crippen molar-refractivity contribution in [3.8, 4) is 5.75 Å². The van der Waals surface area contributed by atoms with Crippen LogP contribution < -0.4 is 15.4 Å². The molecule has 0 aliphatic heterocycles. The van der Waals surface area contributed by atoms with Gasteiger partial charge in [0, 0.05) is 18.2 Å². The van der Waals surface area contributed by atoms with Crippen molar-refractivity contribution in [2.24, 2.45) is 0 Å². The molecule has 3 aromatic rings. The standard InChI is InChI=1S/C21H22N4O2/c1-15(16-8-4-3-5-9-16)25-20-14-22-18(13-23-20)21(26)24-12-17-10-6-7-11-19(17)27-2/h3-11,13-15H,12H2,1-2H3,(H,23,25)(H,24,26). The molecule has 0 bridgehead atoms. The average molecular weight is 362 g/mol. The van der Waals surface area contributed by atoms with Crippen LogP contribution in [0.5, 0.6) is 5.75 Å². The number of hydrogen-bond donors (Lipinski definition) is 2. The van der Waals surface area contributed by atoms with Crippen LogP contribution in [-0.2, 0) is 6.54 Å². The molecule has 1 aromatic heterocycles. The predicted molar refractivity (Wildman–Crippen MR) is 105 cm³/mol. The Balaban J connectivity index is 1.59. The number of para-hydroxylation sites is 1. The Kier molecular flexibility index (Phi) is 5.99. The van der Waals surface area contributed by atoms with Crippen molar-refractivity contribution in [1.29, 1.82) is 0 Å². The van der Waals surface area contributed by atoms with Crippen LogP contribution in [0.3, 0.4) is 0 Å². The number of ether oxygens (including phenoxy) is 1. The van der Waals surface area contributed by atoms with Gasteiger partial charge in [-0.2, -0.15) is 0 Å². The highest BCUT2D eigenvalue weighted by atomic mass is 16.5. The highest BCUT2D eigenvalue weighted by molar-refractivity contribution is 5.92. The number of nitrogens with zero attached hydrogens (tertiary/aromatic N) is 2. The van der Waals surface area contributed by atoms with Gasteiger partial charge in [-0.05, 0) is 18.6 Å². The van der Waals surface area contributed by atoms with Gasteiger partial charge in [0.15, 0.2) is 0 Å². The minimum Gasteiger partial charge on any atom is -0.496 e. The van der Waals surface area contributed by atoms with Crippen molar-refractivity contribution in [3.63, 3.8) is 0 Å². The number of nitrogens with one attached hydrogen (secondary N) is 2. The van der Waals surface area contributed by atoms with Gasteiger partial charge in [0.2, 0.25) is 0 Å². The van der Waals surface area contributed by atoms with Crippen molar-refractivity contribution in [2.45, 2.75) is 19.5 Å². The van der Waals surface area contributed by atoms with Crippen LogP contribution in [0, 0.1) is 0 Å². The van der Waals surface area contributed by atoms with E-state index >= 15 is 0 Å². The zero-order chi connectivity index (χ0) is 19.1. The zero-order valence-corrected chi connectivity index (χ0v) is 15.3. The van der Waals surface area contributed by atoms with Crippen molar-refractivity contribution in [2.75, 3.05) is 12.4 Å². The largest absolute Gasteiger partial charge is 0.496 e. The average Bonchev–Trinajstić information content (AvgIpc) is 2.73. The van der Waals surface area contributed by atoms with Gasteiger partial charge >= 0.3 is 0 Å². The number of carbonyl (C=O) groups excluding carboxylic acids is 1. The monoisotopic (exact) mass is 362 g/mol. The Morgan fingerprint density at radius 1 is 1.04 bits per heavy atom. The Morgan fingerprint density at radius 2 is 1.78 bits per heavy atom. The van der Waals surface area contributed by atoms with Crippen LogP contribution in [0.25, 0.3) is 0 Å². The molecule has 0 aliphatic carbocycles. The molecule has 2 aromatic carbocycles. The Morgan fingerprint density at radius 3 is 2.48 bits per heavy atom. The third kappa shape index (κ3) is 4.82. The Hall–Kier alpha value is -3.41. The number of rotatable bonds is 7. The fourth-order valence-corrected chi connectivity index (χ4v) is 2.68. The number of hydrogen-bond acceptors (Lipinski definition) is 5. The maximum atomic E-state index is 12.3. The maximum absolute atomic E-state index is 12.3. The molecule has 138 valence electrons. The normalized spacial score (nSPS) is 11.5. The van der Waals surface area contributed by atoms with Crippen LogP contribution in [0.4, 0.5) is 5.82 Å². The lowest BCUT2D eigenvalue weighted by Crippen LogP contribution is -2.24. The second-order valence-electron chi connectivity index (χ2n) is 6.06. The molecule has 1 atom stereocenters. The summed E-state index contributed by atoms with van der Waals surface area (Å²) in [6, 6.07) is 17.7. The fraction of sp³-hybridized carbons (Fsp3) is 0.190. The number of anilines is 1. The van der Waals surface area contributed by atoms with Crippen molar-refractivity contribution >= 4 is 11.7 Å². The molecule has 0 saturated heterocycles. The quantitative estimate of drug-likeness (QED) is 0.672. The van der Waals surface area contributed by atoms with Crippen molar-refractivity contribution in [3.05, 3.63) is 83.8 Å². The predicted octanol–water partition coefficient (Wildman–Crippen LogP) is 3.59. The first-order chi connectivity index (χ1) is 13.2. The van der Waals surface area contributed by atoms with Crippen molar-refractivity contribution < 1.29 is 9.53 Å². The van der Waals surface area contributed by atoms with E-state index < -0.39 is 0 Å². The van der Waals surface area contributed by atoms with Crippen molar-refractivity contribution in [1.82, 2.24) is 15.3 Å². The number of aromatic nitrogens is 2.